The van der Waals surface area contributed by atoms with Crippen LogP contribution in [-0.4, -0.2) is 52.5 Å². The van der Waals surface area contributed by atoms with Crippen molar-refractivity contribution in [3.63, 3.8) is 0 Å². The van der Waals surface area contributed by atoms with Gasteiger partial charge in [0.15, 0.2) is 13.2 Å². The Bertz CT molecular complexity index is 1230. The summed E-state index contributed by atoms with van der Waals surface area (Å²) in [4.78, 5) is 35.4. The SMILES string of the molecule is CC(=O)Nc1ccc(S(=O)(=O)N(C)c2ccc(OCC(=O)OCC(=O)N[C@@H]3CCC[C@@H](C)[C@H]3C)cc2)cc1. The first kappa shape index (κ1) is 29.0. The maximum absolute atomic E-state index is 13.0. The molecule has 1 saturated carbocycles. The molecule has 3 rings (SSSR count). The van der Waals surface area contributed by atoms with E-state index in [4.69, 9.17) is 9.47 Å². The number of amides is 2. The standard InChI is InChI=1S/C27H35N3O7S/c1-18-6-5-7-25(19(18)2)29-26(32)16-37-27(33)17-36-23-12-10-22(11-13-23)30(4)38(34,35)24-14-8-21(9-15-24)28-20(3)31/h8-15,18-19,25H,5-7,16-17H2,1-4H3,(H,28,31)(H,29,32)/t18-,19-,25-/m1/s1. The van der Waals surface area contributed by atoms with E-state index in [1.54, 1.807) is 12.1 Å². The highest BCUT2D eigenvalue weighted by Crippen LogP contribution is 2.29. The molecule has 0 aliphatic heterocycles. The van der Waals surface area contributed by atoms with Crippen LogP contribution in [0.4, 0.5) is 11.4 Å². The summed E-state index contributed by atoms with van der Waals surface area (Å²) < 4.78 is 37.5. The number of anilines is 2. The zero-order chi connectivity index (χ0) is 27.9. The predicted molar refractivity (Wildman–Crippen MR) is 143 cm³/mol. The maximum Gasteiger partial charge on any atom is 0.344 e. The summed E-state index contributed by atoms with van der Waals surface area (Å²) in [6, 6.07) is 12.1. The number of sulfonamides is 1. The fourth-order valence-electron chi connectivity index (χ4n) is 4.33. The van der Waals surface area contributed by atoms with Crippen molar-refractivity contribution in [1.82, 2.24) is 5.32 Å². The average molecular weight is 546 g/mol. The fraction of sp³-hybridized carbons (Fsp3) is 0.444. The van der Waals surface area contributed by atoms with Gasteiger partial charge < -0.3 is 20.1 Å². The van der Waals surface area contributed by atoms with Gasteiger partial charge in [-0.15, -0.1) is 0 Å². The zero-order valence-electron chi connectivity index (χ0n) is 22.1. The first-order valence-electron chi connectivity index (χ1n) is 12.5. The number of rotatable bonds is 10. The molecule has 0 heterocycles. The molecule has 1 aliphatic rings. The van der Waals surface area contributed by atoms with E-state index in [9.17, 15) is 22.8 Å². The molecule has 0 bridgehead atoms. The number of carbonyl (C=O) groups is 3. The van der Waals surface area contributed by atoms with Gasteiger partial charge >= 0.3 is 5.97 Å². The third-order valence-electron chi connectivity index (χ3n) is 6.81. The molecular weight excluding hydrogens is 510 g/mol. The monoisotopic (exact) mass is 545 g/mol. The molecule has 0 unspecified atom stereocenters. The number of nitrogens with one attached hydrogen (secondary N) is 2. The van der Waals surface area contributed by atoms with Crippen LogP contribution in [0.5, 0.6) is 5.75 Å². The van der Waals surface area contributed by atoms with E-state index < -0.39 is 22.6 Å². The smallest absolute Gasteiger partial charge is 0.344 e. The summed E-state index contributed by atoms with van der Waals surface area (Å²) in [7, 11) is -2.42. The van der Waals surface area contributed by atoms with Crippen molar-refractivity contribution < 1.29 is 32.3 Å². The first-order valence-corrected chi connectivity index (χ1v) is 14.0. The lowest BCUT2D eigenvalue weighted by Crippen LogP contribution is -2.45. The average Bonchev–Trinajstić information content (AvgIpc) is 2.88. The highest BCUT2D eigenvalue weighted by Gasteiger charge is 2.28. The topological polar surface area (TPSA) is 131 Å². The number of benzene rings is 2. The van der Waals surface area contributed by atoms with Gasteiger partial charge in [-0.25, -0.2) is 13.2 Å². The van der Waals surface area contributed by atoms with Crippen LogP contribution in [0.2, 0.25) is 0 Å². The zero-order valence-corrected chi connectivity index (χ0v) is 22.9. The lowest BCUT2D eigenvalue weighted by molar-refractivity contribution is -0.150. The number of nitrogens with zero attached hydrogens (tertiary/aromatic N) is 1. The molecule has 2 aromatic carbocycles. The van der Waals surface area contributed by atoms with Crippen molar-refractivity contribution in [1.29, 1.82) is 0 Å². The van der Waals surface area contributed by atoms with E-state index >= 15 is 0 Å². The fourth-order valence-corrected chi connectivity index (χ4v) is 5.52. The molecule has 1 aliphatic carbocycles. The second-order valence-corrected chi connectivity index (χ2v) is 11.5. The van der Waals surface area contributed by atoms with Crippen LogP contribution in [0.25, 0.3) is 0 Å². The van der Waals surface area contributed by atoms with Crippen molar-refractivity contribution in [2.45, 2.75) is 51.0 Å². The molecule has 0 aromatic heterocycles. The van der Waals surface area contributed by atoms with Gasteiger partial charge in [0.2, 0.25) is 5.91 Å². The van der Waals surface area contributed by atoms with Gasteiger partial charge in [0.05, 0.1) is 10.6 Å². The molecule has 2 amide bonds. The highest BCUT2D eigenvalue weighted by molar-refractivity contribution is 7.92. The van der Waals surface area contributed by atoms with E-state index in [2.05, 4.69) is 24.5 Å². The third-order valence-corrected chi connectivity index (χ3v) is 8.61. The minimum absolute atomic E-state index is 0.0636. The Morgan fingerprint density at radius 3 is 2.26 bits per heavy atom. The Labute approximate surface area is 223 Å². The predicted octanol–water partition coefficient (Wildman–Crippen LogP) is 3.33. The Hall–Kier alpha value is -3.60. The highest BCUT2D eigenvalue weighted by atomic mass is 32.2. The molecule has 10 nitrogen and oxygen atoms in total. The van der Waals surface area contributed by atoms with Gasteiger partial charge in [0.25, 0.3) is 15.9 Å². The molecule has 1 fully saturated rings. The summed E-state index contributed by atoms with van der Waals surface area (Å²) in [5, 5.41) is 5.54. The van der Waals surface area contributed by atoms with E-state index in [-0.39, 0.29) is 29.4 Å². The normalized spacial score (nSPS) is 19.2. The quantitative estimate of drug-likeness (QED) is 0.438. The summed E-state index contributed by atoms with van der Waals surface area (Å²) in [5.41, 5.74) is 0.877. The number of ether oxygens (including phenoxy) is 2. The molecule has 206 valence electrons. The number of carbonyl (C=O) groups excluding carboxylic acids is 3. The first-order chi connectivity index (χ1) is 18.0. The molecular formula is C27H35N3O7S. The van der Waals surface area contributed by atoms with Gasteiger partial charge in [0.1, 0.15) is 5.75 Å². The second-order valence-electron chi connectivity index (χ2n) is 9.56. The second kappa shape index (κ2) is 12.8. The van der Waals surface area contributed by atoms with Crippen LogP contribution in [0.3, 0.4) is 0 Å². The van der Waals surface area contributed by atoms with Crippen molar-refractivity contribution in [2.75, 3.05) is 29.9 Å². The Morgan fingerprint density at radius 2 is 1.63 bits per heavy atom. The molecule has 2 N–H and O–H groups in total. The number of hydrogen-bond acceptors (Lipinski definition) is 7. The van der Waals surface area contributed by atoms with Gasteiger partial charge in [0, 0.05) is 25.7 Å². The molecule has 3 atom stereocenters. The molecule has 11 heteroatoms. The third kappa shape index (κ3) is 7.70. The lowest BCUT2D eigenvalue weighted by Gasteiger charge is -2.34. The Balaban J connectivity index is 1.47. The van der Waals surface area contributed by atoms with Gasteiger partial charge in [-0.2, -0.15) is 0 Å². The summed E-state index contributed by atoms with van der Waals surface area (Å²) in [6.07, 6.45) is 3.14. The van der Waals surface area contributed by atoms with Crippen LogP contribution in [0, 0.1) is 11.8 Å². The molecule has 0 saturated heterocycles. The van der Waals surface area contributed by atoms with Crippen LogP contribution >= 0.6 is 0 Å². The summed E-state index contributed by atoms with van der Waals surface area (Å²) in [6.45, 7) is 4.91. The lowest BCUT2D eigenvalue weighted by atomic mass is 9.78. The van der Waals surface area contributed by atoms with E-state index in [1.807, 2.05) is 0 Å². The van der Waals surface area contributed by atoms with E-state index in [1.165, 1.54) is 50.4 Å². The Kier molecular flexibility index (Phi) is 9.73. The number of esters is 1. The van der Waals surface area contributed by atoms with Gasteiger partial charge in [-0.1, -0.05) is 26.7 Å². The largest absolute Gasteiger partial charge is 0.482 e. The molecule has 38 heavy (non-hydrogen) atoms. The van der Waals surface area contributed by atoms with Crippen molar-refractivity contribution in [2.24, 2.45) is 11.8 Å². The van der Waals surface area contributed by atoms with Crippen LogP contribution in [-0.2, 0) is 29.1 Å². The molecule has 0 radical (unpaired) electrons. The van der Waals surface area contributed by atoms with Crippen molar-refractivity contribution in [3.8, 4) is 5.75 Å². The summed E-state index contributed by atoms with van der Waals surface area (Å²) in [5.74, 6) is -0.0129. The van der Waals surface area contributed by atoms with Crippen LogP contribution in [0.1, 0.15) is 40.0 Å². The number of hydrogen-bond donors (Lipinski definition) is 2. The molecule has 2 aromatic rings. The van der Waals surface area contributed by atoms with Gasteiger partial charge in [-0.3, -0.25) is 13.9 Å². The van der Waals surface area contributed by atoms with E-state index in [0.717, 1.165) is 23.6 Å². The summed E-state index contributed by atoms with van der Waals surface area (Å²) >= 11 is 0. The Morgan fingerprint density at radius 1 is 0.974 bits per heavy atom. The van der Waals surface area contributed by atoms with Gasteiger partial charge in [-0.05, 0) is 66.8 Å². The van der Waals surface area contributed by atoms with Crippen LogP contribution in [0.15, 0.2) is 53.4 Å². The van der Waals surface area contributed by atoms with E-state index in [0.29, 0.717) is 29.0 Å². The van der Waals surface area contributed by atoms with Crippen molar-refractivity contribution in [3.05, 3.63) is 48.5 Å². The minimum atomic E-state index is -3.84. The van der Waals surface area contributed by atoms with Crippen LogP contribution < -0.4 is 19.7 Å². The maximum atomic E-state index is 13.0. The minimum Gasteiger partial charge on any atom is -0.482 e. The molecule has 0 spiro atoms. The van der Waals surface area contributed by atoms with Crippen molar-refractivity contribution >= 4 is 39.2 Å².